The summed E-state index contributed by atoms with van der Waals surface area (Å²) in [5.41, 5.74) is 6.98. The van der Waals surface area contributed by atoms with Crippen molar-refractivity contribution in [3.8, 4) is 5.75 Å². The molecule has 4 heteroatoms. The molecule has 92 valence electrons. The van der Waals surface area contributed by atoms with Crippen molar-refractivity contribution >= 4 is 5.84 Å². The highest BCUT2D eigenvalue weighted by Crippen LogP contribution is 2.14. The van der Waals surface area contributed by atoms with Crippen molar-refractivity contribution in [2.24, 2.45) is 5.73 Å². The van der Waals surface area contributed by atoms with E-state index < -0.39 is 0 Å². The molecule has 0 aliphatic carbocycles. The average molecular weight is 244 g/mol. The number of nitrogen functional groups attached to an aromatic ring is 1. The Balaban J connectivity index is 2.04. The number of hydrogen-bond donors (Lipinski definition) is 2. The molecular formula is C14H13FN2O. The fourth-order valence-electron chi connectivity index (χ4n) is 1.53. The van der Waals surface area contributed by atoms with Crippen LogP contribution in [0.1, 0.15) is 11.1 Å². The van der Waals surface area contributed by atoms with Crippen LogP contribution < -0.4 is 10.5 Å². The van der Waals surface area contributed by atoms with E-state index in [1.807, 2.05) is 12.1 Å². The maximum absolute atomic E-state index is 12.7. The van der Waals surface area contributed by atoms with Crippen LogP contribution in [0.2, 0.25) is 0 Å². The average Bonchev–Trinajstić information content (AvgIpc) is 2.38. The Morgan fingerprint density at radius 1 is 1.17 bits per heavy atom. The molecule has 0 aliphatic heterocycles. The van der Waals surface area contributed by atoms with E-state index in [4.69, 9.17) is 15.9 Å². The molecule has 0 aliphatic rings. The smallest absolute Gasteiger partial charge is 0.123 e. The number of rotatable bonds is 4. The van der Waals surface area contributed by atoms with E-state index in [1.165, 1.54) is 12.1 Å². The van der Waals surface area contributed by atoms with E-state index in [0.717, 1.165) is 5.56 Å². The van der Waals surface area contributed by atoms with Gasteiger partial charge in [0.2, 0.25) is 0 Å². The highest BCUT2D eigenvalue weighted by molar-refractivity contribution is 5.95. The number of amidine groups is 1. The molecule has 0 saturated carbocycles. The molecule has 2 aromatic rings. The molecule has 2 aromatic carbocycles. The monoisotopic (exact) mass is 244 g/mol. The minimum Gasteiger partial charge on any atom is -0.489 e. The minimum atomic E-state index is -0.291. The number of halogens is 1. The van der Waals surface area contributed by atoms with Gasteiger partial charge in [0.05, 0.1) is 0 Å². The van der Waals surface area contributed by atoms with Gasteiger partial charge in [-0.25, -0.2) is 4.39 Å². The first kappa shape index (κ1) is 12.1. The molecule has 0 fully saturated rings. The van der Waals surface area contributed by atoms with Crippen molar-refractivity contribution in [1.82, 2.24) is 0 Å². The van der Waals surface area contributed by atoms with Crippen molar-refractivity contribution < 1.29 is 9.13 Å². The van der Waals surface area contributed by atoms with Gasteiger partial charge in [0.15, 0.2) is 0 Å². The molecule has 0 amide bonds. The largest absolute Gasteiger partial charge is 0.489 e. The Morgan fingerprint density at radius 2 is 1.89 bits per heavy atom. The van der Waals surface area contributed by atoms with Gasteiger partial charge in [0.25, 0.3) is 0 Å². The zero-order valence-corrected chi connectivity index (χ0v) is 9.69. The van der Waals surface area contributed by atoms with Gasteiger partial charge in [-0.05, 0) is 35.9 Å². The first-order chi connectivity index (χ1) is 8.65. The molecule has 0 heterocycles. The van der Waals surface area contributed by atoms with Gasteiger partial charge in [0, 0.05) is 5.56 Å². The summed E-state index contributed by atoms with van der Waals surface area (Å²) < 4.78 is 18.2. The van der Waals surface area contributed by atoms with Gasteiger partial charge in [-0.3, -0.25) is 5.41 Å². The minimum absolute atomic E-state index is 0.0265. The molecular weight excluding hydrogens is 231 g/mol. The topological polar surface area (TPSA) is 59.1 Å². The fraction of sp³-hybridized carbons (Fsp3) is 0.0714. The van der Waals surface area contributed by atoms with E-state index in [0.29, 0.717) is 17.9 Å². The molecule has 0 bridgehead atoms. The quantitative estimate of drug-likeness (QED) is 0.641. The molecule has 0 spiro atoms. The zero-order chi connectivity index (χ0) is 13.0. The predicted octanol–water partition coefficient (Wildman–Crippen LogP) is 2.69. The molecule has 0 unspecified atom stereocenters. The van der Waals surface area contributed by atoms with Crippen LogP contribution in [0.5, 0.6) is 5.75 Å². The van der Waals surface area contributed by atoms with Gasteiger partial charge in [-0.2, -0.15) is 0 Å². The first-order valence-corrected chi connectivity index (χ1v) is 5.47. The van der Waals surface area contributed by atoms with Crippen LogP contribution in [-0.4, -0.2) is 5.84 Å². The van der Waals surface area contributed by atoms with E-state index in [-0.39, 0.29) is 11.7 Å². The lowest BCUT2D eigenvalue weighted by atomic mass is 10.1. The van der Waals surface area contributed by atoms with Crippen molar-refractivity contribution in [3.05, 3.63) is 65.5 Å². The second-order valence-corrected chi connectivity index (χ2v) is 3.86. The SMILES string of the molecule is N=C(N)c1cccc(COc2ccc(F)cc2)c1. The normalized spacial score (nSPS) is 10.1. The molecule has 2 rings (SSSR count). The van der Waals surface area contributed by atoms with Crippen molar-refractivity contribution in [1.29, 1.82) is 5.41 Å². The van der Waals surface area contributed by atoms with Gasteiger partial charge >= 0.3 is 0 Å². The van der Waals surface area contributed by atoms with E-state index in [2.05, 4.69) is 0 Å². The summed E-state index contributed by atoms with van der Waals surface area (Å²) in [4.78, 5) is 0. The fourth-order valence-corrected chi connectivity index (χ4v) is 1.53. The molecule has 3 nitrogen and oxygen atoms in total. The highest BCUT2D eigenvalue weighted by atomic mass is 19.1. The Labute approximate surface area is 105 Å². The number of benzene rings is 2. The van der Waals surface area contributed by atoms with E-state index in [9.17, 15) is 4.39 Å². The Hall–Kier alpha value is -2.36. The Kier molecular flexibility index (Phi) is 3.57. The van der Waals surface area contributed by atoms with Crippen LogP contribution in [0.25, 0.3) is 0 Å². The summed E-state index contributed by atoms with van der Waals surface area (Å²) in [5, 5.41) is 7.35. The summed E-state index contributed by atoms with van der Waals surface area (Å²) in [6.07, 6.45) is 0. The molecule has 0 saturated heterocycles. The number of ether oxygens (including phenoxy) is 1. The summed E-state index contributed by atoms with van der Waals surface area (Å²) in [6, 6.07) is 13.1. The third-order valence-electron chi connectivity index (χ3n) is 2.46. The predicted molar refractivity (Wildman–Crippen MR) is 68.2 cm³/mol. The second kappa shape index (κ2) is 5.31. The van der Waals surface area contributed by atoms with Crippen LogP contribution in [0.4, 0.5) is 4.39 Å². The summed E-state index contributed by atoms with van der Waals surface area (Å²) in [7, 11) is 0. The Bertz CT molecular complexity index is 552. The van der Waals surface area contributed by atoms with Gasteiger partial charge in [-0.15, -0.1) is 0 Å². The van der Waals surface area contributed by atoms with Crippen LogP contribution in [0, 0.1) is 11.2 Å². The van der Waals surface area contributed by atoms with Crippen molar-refractivity contribution in [2.75, 3.05) is 0 Å². The number of nitrogens with one attached hydrogen (secondary N) is 1. The highest BCUT2D eigenvalue weighted by Gasteiger charge is 2.00. The van der Waals surface area contributed by atoms with Crippen molar-refractivity contribution in [3.63, 3.8) is 0 Å². The van der Waals surface area contributed by atoms with Crippen molar-refractivity contribution in [2.45, 2.75) is 6.61 Å². The van der Waals surface area contributed by atoms with Crippen LogP contribution in [0.3, 0.4) is 0 Å². The summed E-state index contributed by atoms with van der Waals surface area (Å²) in [5.74, 6) is 0.337. The van der Waals surface area contributed by atoms with Crippen LogP contribution in [-0.2, 0) is 6.61 Å². The first-order valence-electron chi connectivity index (χ1n) is 5.47. The lowest BCUT2D eigenvalue weighted by molar-refractivity contribution is 0.305. The maximum atomic E-state index is 12.7. The van der Waals surface area contributed by atoms with Gasteiger partial charge in [0.1, 0.15) is 24.0 Å². The molecule has 0 aromatic heterocycles. The number of nitrogens with two attached hydrogens (primary N) is 1. The lowest BCUT2D eigenvalue weighted by Crippen LogP contribution is -2.11. The van der Waals surface area contributed by atoms with E-state index >= 15 is 0 Å². The molecule has 18 heavy (non-hydrogen) atoms. The van der Waals surface area contributed by atoms with E-state index in [1.54, 1.807) is 24.3 Å². The Morgan fingerprint density at radius 3 is 2.56 bits per heavy atom. The zero-order valence-electron chi connectivity index (χ0n) is 9.69. The van der Waals surface area contributed by atoms with Gasteiger partial charge in [-0.1, -0.05) is 18.2 Å². The van der Waals surface area contributed by atoms with Crippen LogP contribution >= 0.6 is 0 Å². The summed E-state index contributed by atoms with van der Waals surface area (Å²) in [6.45, 7) is 0.354. The molecule has 0 radical (unpaired) electrons. The number of hydrogen-bond acceptors (Lipinski definition) is 2. The summed E-state index contributed by atoms with van der Waals surface area (Å²) >= 11 is 0. The third-order valence-corrected chi connectivity index (χ3v) is 2.46. The van der Waals surface area contributed by atoms with Crippen LogP contribution in [0.15, 0.2) is 48.5 Å². The van der Waals surface area contributed by atoms with Gasteiger partial charge < -0.3 is 10.5 Å². The second-order valence-electron chi connectivity index (χ2n) is 3.86. The third kappa shape index (κ3) is 3.07. The standard InChI is InChI=1S/C14H13FN2O/c15-12-4-6-13(7-5-12)18-9-10-2-1-3-11(8-10)14(16)17/h1-8H,9H2,(H3,16,17). The molecule has 3 N–H and O–H groups in total. The lowest BCUT2D eigenvalue weighted by Gasteiger charge is -2.07. The maximum Gasteiger partial charge on any atom is 0.123 e. The molecule has 0 atom stereocenters.